The number of fused-ring (bicyclic) bond motifs is 3. The Morgan fingerprint density at radius 3 is 2.32 bits per heavy atom. The van der Waals surface area contributed by atoms with Crippen LogP contribution < -0.4 is 24.3 Å². The SMILES string of the molecule is O=C(COc1cccc(NC(C(=O)O[C@H]2CN3CCC2CC3)c2ccccc2)c1)O[C@@H](Cc1c(Cl)c[n+]([O-])cc1Cl)c1ccc(OC(F)F)c(OCC2CC2)c1. The lowest BCUT2D eigenvalue weighted by atomic mass is 9.86. The zero-order valence-corrected chi connectivity index (χ0v) is 31.8. The van der Waals surface area contributed by atoms with Gasteiger partial charge in [0.25, 0.3) is 0 Å². The lowest BCUT2D eigenvalue weighted by Gasteiger charge is -2.44. The highest BCUT2D eigenvalue weighted by molar-refractivity contribution is 6.35. The van der Waals surface area contributed by atoms with Crippen LogP contribution in [0, 0.1) is 17.0 Å². The molecular weight excluding hydrogens is 771 g/mol. The van der Waals surface area contributed by atoms with Crippen molar-refractivity contribution in [2.75, 3.05) is 38.2 Å². The summed E-state index contributed by atoms with van der Waals surface area (Å²) in [7, 11) is 0. The molecule has 4 aromatic rings. The Labute approximate surface area is 332 Å². The van der Waals surface area contributed by atoms with Crippen molar-refractivity contribution in [2.24, 2.45) is 11.8 Å². The number of piperidine rings is 3. The molecule has 8 rings (SSSR count). The molecule has 4 heterocycles. The van der Waals surface area contributed by atoms with Crippen molar-refractivity contribution in [2.45, 2.75) is 57.0 Å². The van der Waals surface area contributed by atoms with Crippen molar-refractivity contribution in [3.8, 4) is 17.2 Å². The van der Waals surface area contributed by atoms with Gasteiger partial charge >= 0.3 is 18.6 Å². The van der Waals surface area contributed by atoms with Gasteiger partial charge in [-0.3, -0.25) is 4.90 Å². The molecule has 56 heavy (non-hydrogen) atoms. The van der Waals surface area contributed by atoms with Gasteiger partial charge in [0, 0.05) is 30.3 Å². The van der Waals surface area contributed by atoms with E-state index in [1.165, 1.54) is 18.2 Å². The number of esters is 2. The average Bonchev–Trinajstić information content (AvgIpc) is 4.02. The maximum atomic E-state index is 13.7. The van der Waals surface area contributed by atoms with Gasteiger partial charge in [-0.1, -0.05) is 65.7 Å². The third kappa shape index (κ3) is 10.3. The third-order valence-electron chi connectivity index (χ3n) is 10.2. The van der Waals surface area contributed by atoms with E-state index in [1.807, 2.05) is 30.3 Å². The summed E-state index contributed by atoms with van der Waals surface area (Å²) < 4.78 is 55.3. The number of aromatic nitrogens is 1. The molecule has 0 amide bonds. The van der Waals surface area contributed by atoms with E-state index in [2.05, 4.69) is 15.0 Å². The first-order chi connectivity index (χ1) is 27.1. The third-order valence-corrected chi connectivity index (χ3v) is 10.8. The van der Waals surface area contributed by atoms with Gasteiger partial charge in [-0.15, -0.1) is 0 Å². The number of carbonyl (C=O) groups excluding carboxylic acids is 2. The molecule has 1 N–H and O–H groups in total. The van der Waals surface area contributed by atoms with Crippen LogP contribution in [0.5, 0.6) is 17.2 Å². The van der Waals surface area contributed by atoms with Crippen LogP contribution in [0.3, 0.4) is 0 Å². The number of nitrogens with zero attached hydrogens (tertiary/aromatic N) is 2. The van der Waals surface area contributed by atoms with E-state index in [-0.39, 0.29) is 40.0 Å². The van der Waals surface area contributed by atoms with Crippen molar-refractivity contribution >= 4 is 40.8 Å². The van der Waals surface area contributed by atoms with Crippen LogP contribution in [-0.2, 0) is 25.5 Å². The predicted octanol–water partition coefficient (Wildman–Crippen LogP) is 7.71. The zero-order chi connectivity index (χ0) is 39.2. The molecule has 1 unspecified atom stereocenters. The fraction of sp³-hybridized carbons (Fsp3) is 0.390. The number of nitrogens with one attached hydrogen (secondary N) is 1. The summed E-state index contributed by atoms with van der Waals surface area (Å²) in [5.41, 5.74) is 1.99. The fourth-order valence-corrected chi connectivity index (χ4v) is 7.62. The van der Waals surface area contributed by atoms with Gasteiger partial charge in [0.1, 0.15) is 28.0 Å². The van der Waals surface area contributed by atoms with E-state index in [4.69, 9.17) is 42.1 Å². The van der Waals surface area contributed by atoms with Crippen LogP contribution in [0.15, 0.2) is 85.2 Å². The van der Waals surface area contributed by atoms with Gasteiger partial charge < -0.3 is 34.2 Å². The Bertz CT molecular complexity index is 1980. The van der Waals surface area contributed by atoms with Gasteiger partial charge in [-0.05, 0) is 86.0 Å². The van der Waals surface area contributed by atoms with Gasteiger partial charge in [-0.25, -0.2) is 9.59 Å². The average molecular weight is 813 g/mol. The number of ether oxygens (including phenoxy) is 5. The lowest BCUT2D eigenvalue weighted by molar-refractivity contribution is -0.605. The van der Waals surface area contributed by atoms with Gasteiger partial charge in [0.05, 0.1) is 6.61 Å². The number of pyridine rings is 1. The number of halogens is 4. The molecule has 0 spiro atoms. The minimum Gasteiger partial charge on any atom is -0.619 e. The van der Waals surface area contributed by atoms with Crippen LogP contribution in [0.2, 0.25) is 10.0 Å². The molecule has 1 aromatic heterocycles. The van der Waals surface area contributed by atoms with E-state index in [0.29, 0.717) is 45.7 Å². The second-order valence-corrected chi connectivity index (χ2v) is 15.0. The molecule has 3 aromatic carbocycles. The first-order valence-corrected chi connectivity index (χ1v) is 19.3. The maximum absolute atomic E-state index is 13.7. The van der Waals surface area contributed by atoms with Crippen molar-refractivity contribution in [1.29, 1.82) is 0 Å². The Hall–Kier alpha value is -4.85. The number of alkyl halides is 2. The summed E-state index contributed by atoms with van der Waals surface area (Å²) in [4.78, 5) is 29.4. The smallest absolute Gasteiger partial charge is 0.387 e. The maximum Gasteiger partial charge on any atom is 0.387 e. The van der Waals surface area contributed by atoms with Crippen LogP contribution in [0.25, 0.3) is 0 Å². The molecule has 0 radical (unpaired) electrons. The molecule has 3 atom stereocenters. The largest absolute Gasteiger partial charge is 0.619 e. The molecular formula is C41H41Cl2F2N3O8. The quantitative estimate of drug-likeness (QED) is 0.0645. The van der Waals surface area contributed by atoms with Crippen molar-refractivity contribution in [1.82, 2.24) is 4.90 Å². The number of rotatable bonds is 17. The second kappa shape index (κ2) is 18.0. The highest BCUT2D eigenvalue weighted by atomic mass is 35.5. The Balaban J connectivity index is 1.05. The first-order valence-electron chi connectivity index (χ1n) is 18.5. The molecule has 1 saturated carbocycles. The summed E-state index contributed by atoms with van der Waals surface area (Å²) in [5.74, 6) is -0.284. The molecule has 3 saturated heterocycles. The topological polar surface area (TPSA) is 122 Å². The van der Waals surface area contributed by atoms with Gasteiger partial charge in [0.2, 0.25) is 0 Å². The first kappa shape index (κ1) is 39.4. The predicted molar refractivity (Wildman–Crippen MR) is 203 cm³/mol. The standard InChI is InChI=1S/C41H41Cl2F2N3O8/c42-32-20-48(51)21-33(43)31(32)19-35(28-11-12-34(56-41(44)45)36(17-28)53-23-25-9-10-25)54-38(49)24-52-30-8-4-7-29(18-30)46-39(27-5-2-1-3-6-27)40(50)55-37-22-47-15-13-26(37)14-16-47/h1-8,11-12,17-18,20-21,25-26,35,37,39,41,46H,9-10,13-16,19,22-24H2/t35-,37-,39?/m0/s1. The lowest BCUT2D eigenvalue weighted by Crippen LogP contribution is -2.52. The molecule has 2 bridgehead atoms. The number of hydrogen-bond donors (Lipinski definition) is 1. The molecule has 11 nitrogen and oxygen atoms in total. The van der Waals surface area contributed by atoms with E-state index in [1.54, 1.807) is 24.3 Å². The number of anilines is 1. The van der Waals surface area contributed by atoms with Gasteiger partial charge in [-0.2, -0.15) is 13.5 Å². The number of hydrogen-bond acceptors (Lipinski definition) is 10. The Morgan fingerprint density at radius 1 is 0.893 bits per heavy atom. The molecule has 1 aliphatic carbocycles. The summed E-state index contributed by atoms with van der Waals surface area (Å²) in [5, 5.41) is 15.3. The van der Waals surface area contributed by atoms with E-state index in [9.17, 15) is 23.6 Å². The minimum atomic E-state index is -3.09. The van der Waals surface area contributed by atoms with Crippen LogP contribution in [0.4, 0.5) is 14.5 Å². The monoisotopic (exact) mass is 811 g/mol. The zero-order valence-electron chi connectivity index (χ0n) is 30.3. The van der Waals surface area contributed by atoms with E-state index in [0.717, 1.165) is 63.3 Å². The Kier molecular flexibility index (Phi) is 12.6. The van der Waals surface area contributed by atoms with E-state index >= 15 is 0 Å². The van der Waals surface area contributed by atoms with Gasteiger partial charge in [0.15, 0.2) is 36.5 Å². The highest BCUT2D eigenvalue weighted by Gasteiger charge is 2.38. The van der Waals surface area contributed by atoms with Crippen molar-refractivity contribution in [3.63, 3.8) is 0 Å². The molecule has 4 aliphatic rings. The molecule has 296 valence electrons. The minimum absolute atomic E-state index is 0.0402. The Morgan fingerprint density at radius 2 is 1.64 bits per heavy atom. The summed E-state index contributed by atoms with van der Waals surface area (Å²) in [6, 6.07) is 19.6. The highest BCUT2D eigenvalue weighted by Crippen LogP contribution is 2.38. The summed E-state index contributed by atoms with van der Waals surface area (Å²) in [6.45, 7) is -0.503. The van der Waals surface area contributed by atoms with Crippen molar-refractivity contribution < 1.29 is 46.8 Å². The summed E-state index contributed by atoms with van der Waals surface area (Å²) >= 11 is 12.8. The van der Waals surface area contributed by atoms with Crippen LogP contribution in [0.1, 0.15) is 54.5 Å². The molecule has 3 aliphatic heterocycles. The van der Waals surface area contributed by atoms with Crippen molar-refractivity contribution in [3.05, 3.63) is 117 Å². The molecule has 4 fully saturated rings. The summed E-state index contributed by atoms with van der Waals surface area (Å²) in [6.07, 6.45) is 4.90. The number of carbonyl (C=O) groups is 2. The van der Waals surface area contributed by atoms with E-state index < -0.39 is 31.3 Å². The second-order valence-electron chi connectivity index (χ2n) is 14.2. The normalized spacial score (nSPS) is 19.8. The van der Waals surface area contributed by atoms with Crippen LogP contribution >= 0.6 is 23.2 Å². The number of benzene rings is 3. The fourth-order valence-electron chi connectivity index (χ4n) is 7.02. The molecule has 15 heteroatoms. The van der Waals surface area contributed by atoms with Crippen LogP contribution in [-0.4, -0.2) is 62.4 Å².